The van der Waals surface area contributed by atoms with Crippen LogP contribution < -0.4 is 5.73 Å². The van der Waals surface area contributed by atoms with Crippen molar-refractivity contribution in [2.45, 2.75) is 26.4 Å². The van der Waals surface area contributed by atoms with Crippen molar-refractivity contribution in [2.24, 2.45) is 11.1 Å². The summed E-state index contributed by atoms with van der Waals surface area (Å²) in [6.45, 7) is 6.40. The first-order chi connectivity index (χ1) is 9.88. The van der Waals surface area contributed by atoms with E-state index in [1.54, 1.807) is 11.3 Å². The third kappa shape index (κ3) is 4.65. The van der Waals surface area contributed by atoms with E-state index in [-0.39, 0.29) is 11.5 Å². The molecule has 21 heavy (non-hydrogen) atoms. The van der Waals surface area contributed by atoms with Gasteiger partial charge in [-0.15, -0.1) is 11.3 Å². The van der Waals surface area contributed by atoms with Crippen molar-refractivity contribution in [2.75, 3.05) is 13.6 Å². The molecule has 2 aromatic rings. The second-order valence-electron chi connectivity index (χ2n) is 6.28. The number of rotatable bonds is 6. The van der Waals surface area contributed by atoms with E-state index in [1.165, 1.54) is 10.4 Å². The highest BCUT2D eigenvalue weighted by Crippen LogP contribution is 2.32. The van der Waals surface area contributed by atoms with E-state index >= 15 is 0 Å². The van der Waals surface area contributed by atoms with Gasteiger partial charge in [0.05, 0.1) is 0 Å². The van der Waals surface area contributed by atoms with Gasteiger partial charge in [-0.2, -0.15) is 0 Å². The Hall–Kier alpha value is -0.680. The standard InChI is InChI=1S/C17H23BrN2S/c1-17(2,16(19)13-7-5-4-6-8-13)12-20(3)10-15-9-14(18)11-21-15/h4-9,11,16H,10,12,19H2,1-3H3. The minimum Gasteiger partial charge on any atom is -0.323 e. The molecule has 1 aromatic carbocycles. The molecular weight excluding hydrogens is 344 g/mol. The van der Waals surface area contributed by atoms with Crippen molar-refractivity contribution in [3.63, 3.8) is 0 Å². The Morgan fingerprint density at radius 2 is 1.95 bits per heavy atom. The van der Waals surface area contributed by atoms with Crippen LogP contribution in [0.25, 0.3) is 0 Å². The van der Waals surface area contributed by atoms with Crippen molar-refractivity contribution in [3.8, 4) is 0 Å². The minimum absolute atomic E-state index is 0.0184. The molecule has 1 aromatic heterocycles. The van der Waals surface area contributed by atoms with Gasteiger partial charge in [-0.1, -0.05) is 44.2 Å². The number of nitrogens with two attached hydrogens (primary N) is 1. The number of hydrogen-bond donors (Lipinski definition) is 1. The van der Waals surface area contributed by atoms with Crippen LogP contribution in [0.15, 0.2) is 46.3 Å². The smallest absolute Gasteiger partial charge is 0.0359 e. The van der Waals surface area contributed by atoms with E-state index in [2.05, 4.69) is 77.4 Å². The van der Waals surface area contributed by atoms with E-state index < -0.39 is 0 Å². The molecular formula is C17H23BrN2S. The number of benzene rings is 1. The highest BCUT2D eigenvalue weighted by molar-refractivity contribution is 9.10. The fraction of sp³-hybridized carbons (Fsp3) is 0.412. The van der Waals surface area contributed by atoms with Crippen molar-refractivity contribution < 1.29 is 0 Å². The summed E-state index contributed by atoms with van der Waals surface area (Å²) in [7, 11) is 2.16. The monoisotopic (exact) mass is 366 g/mol. The Labute approximate surface area is 140 Å². The first-order valence-corrected chi connectivity index (χ1v) is 8.78. The van der Waals surface area contributed by atoms with Crippen LogP contribution in [-0.2, 0) is 6.54 Å². The topological polar surface area (TPSA) is 29.3 Å². The maximum atomic E-state index is 6.49. The molecule has 2 N–H and O–H groups in total. The summed E-state index contributed by atoms with van der Waals surface area (Å²) in [5, 5.41) is 2.13. The normalized spacial score (nSPS) is 13.6. The molecule has 0 amide bonds. The Kier molecular flexibility index (Phi) is 5.60. The lowest BCUT2D eigenvalue weighted by molar-refractivity contribution is 0.173. The number of nitrogens with zero attached hydrogens (tertiary/aromatic N) is 1. The van der Waals surface area contributed by atoms with Crippen molar-refractivity contribution in [1.29, 1.82) is 0 Å². The van der Waals surface area contributed by atoms with Crippen LogP contribution >= 0.6 is 27.3 Å². The van der Waals surface area contributed by atoms with Gasteiger partial charge in [0.1, 0.15) is 0 Å². The van der Waals surface area contributed by atoms with E-state index in [4.69, 9.17) is 5.73 Å². The van der Waals surface area contributed by atoms with Gasteiger partial charge in [0, 0.05) is 33.9 Å². The summed E-state index contributed by atoms with van der Waals surface area (Å²) in [6.07, 6.45) is 0. The Morgan fingerprint density at radius 3 is 2.52 bits per heavy atom. The van der Waals surface area contributed by atoms with Crippen LogP contribution in [0.2, 0.25) is 0 Å². The maximum absolute atomic E-state index is 6.49. The van der Waals surface area contributed by atoms with Crippen LogP contribution in [0.1, 0.15) is 30.3 Å². The predicted octanol–water partition coefficient (Wildman–Crippen LogP) is 4.67. The molecule has 2 nitrogen and oxygen atoms in total. The second-order valence-corrected chi connectivity index (χ2v) is 8.19. The zero-order valence-electron chi connectivity index (χ0n) is 12.8. The molecule has 2 rings (SSSR count). The average Bonchev–Trinajstić information content (AvgIpc) is 2.83. The van der Waals surface area contributed by atoms with Gasteiger partial charge in [0.15, 0.2) is 0 Å². The molecule has 0 aliphatic heterocycles. The highest BCUT2D eigenvalue weighted by Gasteiger charge is 2.29. The van der Waals surface area contributed by atoms with Crippen LogP contribution in [0, 0.1) is 5.41 Å². The summed E-state index contributed by atoms with van der Waals surface area (Å²) in [4.78, 5) is 3.72. The lowest BCUT2D eigenvalue weighted by Crippen LogP contribution is -2.39. The lowest BCUT2D eigenvalue weighted by Gasteiger charge is -2.35. The maximum Gasteiger partial charge on any atom is 0.0359 e. The third-order valence-corrected chi connectivity index (χ3v) is 5.41. The molecule has 0 spiro atoms. The zero-order valence-corrected chi connectivity index (χ0v) is 15.2. The second kappa shape index (κ2) is 7.05. The van der Waals surface area contributed by atoms with Crippen molar-refractivity contribution in [3.05, 3.63) is 56.7 Å². The molecule has 0 aliphatic carbocycles. The SMILES string of the molecule is CN(Cc1cc(Br)cs1)CC(C)(C)C(N)c1ccccc1. The van der Waals surface area contributed by atoms with Crippen molar-refractivity contribution in [1.82, 2.24) is 4.90 Å². The molecule has 1 heterocycles. The van der Waals surface area contributed by atoms with E-state index in [0.717, 1.165) is 17.6 Å². The molecule has 0 bridgehead atoms. The molecule has 0 saturated carbocycles. The molecule has 0 radical (unpaired) electrons. The highest BCUT2D eigenvalue weighted by atomic mass is 79.9. The van der Waals surface area contributed by atoms with Gasteiger partial charge < -0.3 is 10.6 Å². The van der Waals surface area contributed by atoms with Crippen molar-refractivity contribution >= 4 is 27.3 Å². The Bertz CT molecular complexity index is 565. The first-order valence-electron chi connectivity index (χ1n) is 7.10. The summed E-state index contributed by atoms with van der Waals surface area (Å²) >= 11 is 5.30. The first kappa shape index (κ1) is 16.7. The minimum atomic E-state index is 0.0184. The van der Waals surface area contributed by atoms with E-state index in [0.29, 0.717) is 0 Å². The molecule has 0 fully saturated rings. The molecule has 1 unspecified atom stereocenters. The van der Waals surface area contributed by atoms with E-state index in [9.17, 15) is 0 Å². The van der Waals surface area contributed by atoms with Crippen LogP contribution in [0.3, 0.4) is 0 Å². The predicted molar refractivity (Wildman–Crippen MR) is 95.5 cm³/mol. The molecule has 4 heteroatoms. The largest absolute Gasteiger partial charge is 0.323 e. The Balaban J connectivity index is 1.99. The summed E-state index contributed by atoms with van der Waals surface area (Å²) in [5.41, 5.74) is 7.71. The van der Waals surface area contributed by atoms with Gasteiger partial charge in [0.2, 0.25) is 0 Å². The fourth-order valence-electron chi connectivity index (χ4n) is 2.66. The lowest BCUT2D eigenvalue weighted by atomic mass is 9.80. The summed E-state index contributed by atoms with van der Waals surface area (Å²) in [5.74, 6) is 0. The van der Waals surface area contributed by atoms with Gasteiger partial charge in [-0.3, -0.25) is 0 Å². The molecule has 114 valence electrons. The Morgan fingerprint density at radius 1 is 1.29 bits per heavy atom. The average molecular weight is 367 g/mol. The van der Waals surface area contributed by atoms with E-state index in [1.807, 2.05) is 6.07 Å². The van der Waals surface area contributed by atoms with Gasteiger partial charge in [0.25, 0.3) is 0 Å². The molecule has 0 saturated heterocycles. The van der Waals surface area contributed by atoms with Gasteiger partial charge >= 0.3 is 0 Å². The zero-order chi connectivity index (χ0) is 15.5. The number of thiophene rings is 1. The van der Waals surface area contributed by atoms with Crippen LogP contribution in [-0.4, -0.2) is 18.5 Å². The summed E-state index contributed by atoms with van der Waals surface area (Å²) in [6, 6.07) is 12.6. The number of hydrogen-bond acceptors (Lipinski definition) is 3. The molecule has 0 aliphatic rings. The fourth-order valence-corrected chi connectivity index (χ4v) is 4.19. The summed E-state index contributed by atoms with van der Waals surface area (Å²) < 4.78 is 1.16. The third-order valence-electron chi connectivity index (χ3n) is 3.73. The quantitative estimate of drug-likeness (QED) is 0.804. The van der Waals surface area contributed by atoms with Gasteiger partial charge in [-0.05, 0) is 40.0 Å². The van der Waals surface area contributed by atoms with Crippen LogP contribution in [0.5, 0.6) is 0 Å². The van der Waals surface area contributed by atoms with Gasteiger partial charge in [-0.25, -0.2) is 0 Å². The molecule has 1 atom stereocenters. The number of halogens is 1. The van der Waals surface area contributed by atoms with Crippen LogP contribution in [0.4, 0.5) is 0 Å².